The van der Waals surface area contributed by atoms with E-state index in [1.807, 2.05) is 0 Å². The summed E-state index contributed by atoms with van der Waals surface area (Å²) in [6.45, 7) is 0. The van der Waals surface area contributed by atoms with Crippen molar-refractivity contribution >= 4 is 29.1 Å². The zero-order chi connectivity index (χ0) is 10.6. The van der Waals surface area contributed by atoms with Gasteiger partial charge in [0.2, 0.25) is 10.7 Å². The summed E-state index contributed by atoms with van der Waals surface area (Å²) in [6.07, 6.45) is -0.843. The average Bonchev–Trinajstić information content (AvgIpc) is 2.13. The highest BCUT2D eigenvalue weighted by Gasteiger charge is 2.45. The molecule has 0 fully saturated rings. The fourth-order valence-corrected chi connectivity index (χ4v) is 0.957. The number of aliphatic carboxylic acids is 1. The number of carboxylic acid groups (broad SMARTS) is 1. The summed E-state index contributed by atoms with van der Waals surface area (Å²) in [5.74, 6) is -1.74. The quantitative estimate of drug-likeness (QED) is 0.368. The van der Waals surface area contributed by atoms with Crippen LogP contribution in [0.3, 0.4) is 0 Å². The van der Waals surface area contributed by atoms with Gasteiger partial charge < -0.3 is 20.7 Å². The number of aldehydes is 1. The smallest absolute Gasteiger partial charge is 0.334 e. The second-order valence-corrected chi connectivity index (χ2v) is 3.09. The zero-order valence-corrected chi connectivity index (χ0v) is 7.58. The molecule has 0 bridgehead atoms. The largest absolute Gasteiger partial charge is 0.479 e. The highest BCUT2D eigenvalue weighted by Crippen LogP contribution is 2.11. The van der Waals surface area contributed by atoms with Gasteiger partial charge in [-0.1, -0.05) is 11.8 Å². The van der Waals surface area contributed by atoms with E-state index in [0.29, 0.717) is 11.8 Å². The maximum Gasteiger partial charge on any atom is 0.334 e. The van der Waals surface area contributed by atoms with Crippen LogP contribution in [0.15, 0.2) is 0 Å². The number of carboxylic acids is 1. The van der Waals surface area contributed by atoms with Gasteiger partial charge in [-0.05, 0) is 6.26 Å². The van der Waals surface area contributed by atoms with Gasteiger partial charge in [0.15, 0.2) is 12.4 Å². The van der Waals surface area contributed by atoms with E-state index in [4.69, 9.17) is 15.9 Å². The van der Waals surface area contributed by atoms with Crippen molar-refractivity contribution in [3.8, 4) is 0 Å². The number of rotatable bonds is 4. The predicted molar refractivity (Wildman–Crippen MR) is 45.1 cm³/mol. The highest BCUT2D eigenvalue weighted by molar-refractivity contribution is 8.13. The fourth-order valence-electron chi connectivity index (χ4n) is 0.538. The molecule has 0 saturated heterocycles. The lowest BCUT2D eigenvalue weighted by molar-refractivity contribution is -0.152. The third-order valence-corrected chi connectivity index (χ3v) is 2.07. The van der Waals surface area contributed by atoms with Crippen molar-refractivity contribution in [2.45, 2.75) is 11.6 Å². The lowest BCUT2D eigenvalue weighted by Gasteiger charge is -2.21. The molecule has 4 N–H and O–H groups in total. The monoisotopic (exact) mass is 207 g/mol. The molecule has 0 heterocycles. The number of carbonyl (C=O) groups is 3. The fraction of sp³-hybridized carbons (Fsp3) is 0.500. The SMILES string of the molecule is CSC(=O)C(O)C(N)(C=O)C(=O)O. The normalized spacial score (nSPS) is 17.2. The van der Waals surface area contributed by atoms with Gasteiger partial charge in [0.25, 0.3) is 0 Å². The minimum atomic E-state index is -2.56. The van der Waals surface area contributed by atoms with Crippen molar-refractivity contribution in [3.63, 3.8) is 0 Å². The lowest BCUT2D eigenvalue weighted by atomic mass is 9.96. The van der Waals surface area contributed by atoms with Crippen molar-refractivity contribution in [1.82, 2.24) is 0 Å². The van der Waals surface area contributed by atoms with Crippen LogP contribution >= 0.6 is 11.8 Å². The minimum Gasteiger partial charge on any atom is -0.479 e. The zero-order valence-electron chi connectivity index (χ0n) is 6.76. The number of hydrogen-bond acceptors (Lipinski definition) is 6. The molecule has 0 aromatic carbocycles. The first kappa shape index (κ1) is 12.1. The molecule has 13 heavy (non-hydrogen) atoms. The van der Waals surface area contributed by atoms with Crippen LogP contribution in [0, 0.1) is 0 Å². The topological polar surface area (TPSA) is 118 Å². The molecule has 0 amide bonds. The maximum absolute atomic E-state index is 10.8. The predicted octanol–water partition coefficient (Wildman–Crippen LogP) is -1.78. The molecule has 0 aliphatic heterocycles. The van der Waals surface area contributed by atoms with Gasteiger partial charge in [-0.25, -0.2) is 4.79 Å². The van der Waals surface area contributed by atoms with E-state index >= 15 is 0 Å². The van der Waals surface area contributed by atoms with Gasteiger partial charge >= 0.3 is 5.97 Å². The maximum atomic E-state index is 10.8. The number of hydrogen-bond donors (Lipinski definition) is 3. The van der Waals surface area contributed by atoms with Crippen molar-refractivity contribution < 1.29 is 24.6 Å². The van der Waals surface area contributed by atoms with Crippen LogP contribution in [0.1, 0.15) is 0 Å². The van der Waals surface area contributed by atoms with E-state index in [1.54, 1.807) is 0 Å². The van der Waals surface area contributed by atoms with Gasteiger partial charge in [-0.2, -0.15) is 0 Å². The molecule has 74 valence electrons. The number of nitrogens with two attached hydrogens (primary N) is 1. The summed E-state index contributed by atoms with van der Waals surface area (Å²) >= 11 is 0.601. The Balaban J connectivity index is 4.87. The lowest BCUT2D eigenvalue weighted by Crippen LogP contribution is -2.61. The minimum absolute atomic E-state index is 0.159. The molecule has 0 radical (unpaired) electrons. The van der Waals surface area contributed by atoms with E-state index in [2.05, 4.69) is 0 Å². The highest BCUT2D eigenvalue weighted by atomic mass is 32.2. The first-order chi connectivity index (χ1) is 5.90. The summed E-state index contributed by atoms with van der Waals surface area (Å²) in [5, 5.41) is 16.7. The molecule has 0 rings (SSSR count). The Hall–Kier alpha value is -0.920. The van der Waals surface area contributed by atoms with Gasteiger partial charge in [0.1, 0.15) is 0 Å². The number of thioether (sulfide) groups is 1. The van der Waals surface area contributed by atoms with Crippen LogP contribution in [-0.4, -0.2) is 45.5 Å². The van der Waals surface area contributed by atoms with E-state index in [1.165, 1.54) is 6.26 Å². The van der Waals surface area contributed by atoms with Crippen LogP contribution in [-0.2, 0) is 14.4 Å². The Labute approximate surface area is 78.1 Å². The molecule has 0 spiro atoms. The van der Waals surface area contributed by atoms with Crippen molar-refractivity contribution in [2.75, 3.05) is 6.26 Å². The first-order valence-electron chi connectivity index (χ1n) is 3.14. The van der Waals surface area contributed by atoms with E-state index in [0.717, 1.165) is 0 Å². The Bertz CT molecular complexity index is 243. The molecule has 7 heteroatoms. The Morgan fingerprint density at radius 3 is 2.31 bits per heavy atom. The van der Waals surface area contributed by atoms with Gasteiger partial charge in [-0.15, -0.1) is 0 Å². The summed E-state index contributed by atoms with van der Waals surface area (Å²) in [4.78, 5) is 31.6. The van der Waals surface area contributed by atoms with Crippen LogP contribution in [0.4, 0.5) is 0 Å². The van der Waals surface area contributed by atoms with Gasteiger partial charge in [0, 0.05) is 0 Å². The Morgan fingerprint density at radius 1 is 1.62 bits per heavy atom. The molecule has 2 atom stereocenters. The summed E-state index contributed by atoms with van der Waals surface area (Å²) in [5.41, 5.74) is 2.45. The third-order valence-electron chi connectivity index (χ3n) is 1.44. The summed E-state index contributed by atoms with van der Waals surface area (Å²) in [7, 11) is 0. The molecule has 0 saturated carbocycles. The second-order valence-electron chi connectivity index (χ2n) is 2.28. The van der Waals surface area contributed by atoms with Gasteiger partial charge in [0.05, 0.1) is 0 Å². The molecule has 6 nitrogen and oxygen atoms in total. The van der Waals surface area contributed by atoms with Crippen LogP contribution in [0.5, 0.6) is 0 Å². The first-order valence-corrected chi connectivity index (χ1v) is 4.37. The summed E-state index contributed by atoms with van der Waals surface area (Å²) in [6, 6.07) is 0. The number of carbonyl (C=O) groups excluding carboxylic acids is 2. The van der Waals surface area contributed by atoms with Crippen LogP contribution in [0.2, 0.25) is 0 Å². The number of aliphatic hydroxyl groups excluding tert-OH is 1. The van der Waals surface area contributed by atoms with E-state index in [9.17, 15) is 14.4 Å². The molecule has 0 aliphatic rings. The molecular formula is C6H9NO5S. The van der Waals surface area contributed by atoms with E-state index < -0.39 is 22.7 Å². The summed E-state index contributed by atoms with van der Waals surface area (Å²) < 4.78 is 0. The van der Waals surface area contributed by atoms with Crippen LogP contribution in [0.25, 0.3) is 0 Å². The van der Waals surface area contributed by atoms with Crippen molar-refractivity contribution in [1.29, 1.82) is 0 Å². The average molecular weight is 207 g/mol. The Morgan fingerprint density at radius 2 is 2.08 bits per heavy atom. The van der Waals surface area contributed by atoms with Gasteiger partial charge in [-0.3, -0.25) is 4.79 Å². The van der Waals surface area contributed by atoms with Crippen LogP contribution < -0.4 is 5.73 Å². The number of aliphatic hydroxyl groups is 1. The standard InChI is InChI=1S/C6H9NO5S/c1-13-4(10)3(9)6(7,2-8)5(11)12/h2-3,9H,7H2,1H3,(H,11,12). The molecule has 2 unspecified atom stereocenters. The second kappa shape index (κ2) is 4.35. The molecule has 0 aromatic heterocycles. The third kappa shape index (κ3) is 2.27. The molecule has 0 aromatic rings. The Kier molecular flexibility index (Phi) is 4.05. The van der Waals surface area contributed by atoms with Crippen molar-refractivity contribution in [3.05, 3.63) is 0 Å². The van der Waals surface area contributed by atoms with E-state index in [-0.39, 0.29) is 6.29 Å². The van der Waals surface area contributed by atoms with Crippen molar-refractivity contribution in [2.24, 2.45) is 5.73 Å². The molecular weight excluding hydrogens is 198 g/mol. The molecule has 0 aliphatic carbocycles.